The molecule has 0 radical (unpaired) electrons. The molecule has 3 rings (SSSR count). The Kier molecular flexibility index (Phi) is 4.72. The van der Waals surface area contributed by atoms with Crippen molar-refractivity contribution in [2.45, 2.75) is 37.8 Å². The van der Waals surface area contributed by atoms with Crippen LogP contribution in [0.25, 0.3) is 11.3 Å². The highest BCUT2D eigenvalue weighted by Gasteiger charge is 2.24. The molecule has 1 aromatic carbocycles. The number of phenols is 1. The summed E-state index contributed by atoms with van der Waals surface area (Å²) in [5.41, 5.74) is 0.428. The fourth-order valence-electron chi connectivity index (χ4n) is 3.02. The summed E-state index contributed by atoms with van der Waals surface area (Å²) in [4.78, 5) is 12.6. The summed E-state index contributed by atoms with van der Waals surface area (Å²) in [6.07, 6.45) is 8.39. The van der Waals surface area contributed by atoms with Crippen LogP contribution in [-0.2, 0) is 7.05 Å². The number of nitrogens with one attached hydrogen (secondary N) is 1. The molecule has 1 aromatic heterocycles. The van der Waals surface area contributed by atoms with E-state index in [4.69, 9.17) is 6.42 Å². The zero-order valence-electron chi connectivity index (χ0n) is 13.9. The lowest BCUT2D eigenvalue weighted by atomic mass is 9.93. The van der Waals surface area contributed by atoms with Crippen LogP contribution in [0.1, 0.15) is 31.2 Å². The van der Waals surface area contributed by atoms with Gasteiger partial charge in [-0.15, -0.1) is 16.6 Å². The van der Waals surface area contributed by atoms with Crippen molar-refractivity contribution in [3.05, 3.63) is 34.1 Å². The highest BCUT2D eigenvalue weighted by Crippen LogP contribution is 2.26. The summed E-state index contributed by atoms with van der Waals surface area (Å²) in [6, 6.07) is 4.43. The molecule has 130 valence electrons. The fourth-order valence-corrected chi connectivity index (χ4v) is 3.02. The lowest BCUT2D eigenvalue weighted by molar-refractivity contribution is 0.116. The van der Waals surface area contributed by atoms with Crippen molar-refractivity contribution >= 4 is 5.95 Å². The quantitative estimate of drug-likeness (QED) is 0.727. The van der Waals surface area contributed by atoms with E-state index >= 15 is 0 Å². The normalized spacial score (nSPS) is 20.0. The summed E-state index contributed by atoms with van der Waals surface area (Å²) in [7, 11) is 1.57. The number of hydrogen-bond donors (Lipinski definition) is 3. The molecule has 0 bridgehead atoms. The van der Waals surface area contributed by atoms with Crippen molar-refractivity contribution in [2.75, 3.05) is 5.32 Å². The van der Waals surface area contributed by atoms with Gasteiger partial charge in [0.15, 0.2) is 5.69 Å². The molecule has 0 unspecified atom stereocenters. The SMILES string of the molecule is C#Cc1ccc(-c2nnc(N[C@@H]3CCCC[C@H]3O)n(C)c2=O)c(O)c1. The molecule has 0 aliphatic heterocycles. The lowest BCUT2D eigenvalue weighted by Crippen LogP contribution is -2.38. The Balaban J connectivity index is 1.93. The fraction of sp³-hybridized carbons (Fsp3) is 0.389. The Bertz CT molecular complexity index is 885. The van der Waals surface area contributed by atoms with Gasteiger partial charge >= 0.3 is 0 Å². The van der Waals surface area contributed by atoms with E-state index in [9.17, 15) is 15.0 Å². The van der Waals surface area contributed by atoms with Gasteiger partial charge < -0.3 is 15.5 Å². The van der Waals surface area contributed by atoms with Crippen LogP contribution in [0.3, 0.4) is 0 Å². The minimum Gasteiger partial charge on any atom is -0.507 e. The van der Waals surface area contributed by atoms with Crippen LogP contribution in [0.5, 0.6) is 5.75 Å². The maximum absolute atomic E-state index is 12.6. The first kappa shape index (κ1) is 17.0. The minimum absolute atomic E-state index is 0.0401. The lowest BCUT2D eigenvalue weighted by Gasteiger charge is -2.28. The number of aromatic nitrogens is 3. The van der Waals surface area contributed by atoms with E-state index in [1.807, 2.05) is 0 Å². The van der Waals surface area contributed by atoms with Gasteiger partial charge in [0.2, 0.25) is 5.95 Å². The first-order valence-electron chi connectivity index (χ1n) is 8.19. The van der Waals surface area contributed by atoms with Gasteiger partial charge in [-0.2, -0.15) is 0 Å². The molecular formula is C18H20N4O3. The predicted octanol–water partition coefficient (Wildman–Crippen LogP) is 1.24. The van der Waals surface area contributed by atoms with Crippen molar-refractivity contribution in [3.8, 4) is 29.4 Å². The number of terminal acetylenes is 1. The minimum atomic E-state index is -0.467. The maximum atomic E-state index is 12.6. The van der Waals surface area contributed by atoms with Gasteiger partial charge in [-0.25, -0.2) is 0 Å². The van der Waals surface area contributed by atoms with E-state index < -0.39 is 11.7 Å². The molecule has 2 atom stereocenters. The van der Waals surface area contributed by atoms with Crippen molar-refractivity contribution in [1.29, 1.82) is 0 Å². The molecule has 7 heteroatoms. The molecule has 1 fully saturated rings. The molecule has 0 spiro atoms. The first-order valence-corrected chi connectivity index (χ1v) is 8.19. The summed E-state index contributed by atoms with van der Waals surface area (Å²) >= 11 is 0. The van der Waals surface area contributed by atoms with Crippen molar-refractivity contribution in [1.82, 2.24) is 14.8 Å². The predicted molar refractivity (Wildman–Crippen MR) is 94.2 cm³/mol. The standard InChI is InChI=1S/C18H20N4O3/c1-3-11-8-9-12(15(24)10-11)16-17(25)22(2)18(21-20-16)19-13-6-4-5-7-14(13)23/h1,8-10,13-14,23-24H,4-7H2,2H3,(H,19,21)/t13-,14-/m1/s1. The first-order chi connectivity index (χ1) is 12.0. The van der Waals surface area contributed by atoms with E-state index in [0.29, 0.717) is 11.5 Å². The second-order valence-electron chi connectivity index (χ2n) is 6.22. The van der Waals surface area contributed by atoms with Crippen LogP contribution >= 0.6 is 0 Å². The van der Waals surface area contributed by atoms with Crippen molar-refractivity contribution in [3.63, 3.8) is 0 Å². The van der Waals surface area contributed by atoms with E-state index in [1.165, 1.54) is 10.6 Å². The van der Waals surface area contributed by atoms with Gasteiger partial charge in [0.1, 0.15) is 5.75 Å². The van der Waals surface area contributed by atoms with E-state index in [1.54, 1.807) is 19.2 Å². The summed E-state index contributed by atoms with van der Waals surface area (Å²) in [5, 5.41) is 31.3. The average molecular weight is 340 g/mol. The third-order valence-electron chi connectivity index (χ3n) is 4.53. The van der Waals surface area contributed by atoms with E-state index in [2.05, 4.69) is 21.4 Å². The molecule has 1 heterocycles. The van der Waals surface area contributed by atoms with Crippen LogP contribution < -0.4 is 10.9 Å². The van der Waals surface area contributed by atoms with Gasteiger partial charge in [0.25, 0.3) is 5.56 Å². The highest BCUT2D eigenvalue weighted by atomic mass is 16.3. The number of hydrogen-bond acceptors (Lipinski definition) is 6. The van der Waals surface area contributed by atoms with Crippen LogP contribution in [0.15, 0.2) is 23.0 Å². The van der Waals surface area contributed by atoms with Crippen molar-refractivity contribution < 1.29 is 10.2 Å². The van der Waals surface area contributed by atoms with Crippen LogP contribution in [0.4, 0.5) is 5.95 Å². The Morgan fingerprint density at radius 1 is 1.32 bits per heavy atom. The third kappa shape index (κ3) is 3.35. The summed E-state index contributed by atoms with van der Waals surface area (Å²) in [5.74, 6) is 2.59. The Labute approximate surface area is 145 Å². The molecule has 3 N–H and O–H groups in total. The highest BCUT2D eigenvalue weighted by molar-refractivity contribution is 5.67. The Morgan fingerprint density at radius 3 is 2.76 bits per heavy atom. The number of anilines is 1. The zero-order chi connectivity index (χ0) is 18.0. The summed E-state index contributed by atoms with van der Waals surface area (Å²) < 4.78 is 1.33. The Morgan fingerprint density at radius 2 is 2.08 bits per heavy atom. The van der Waals surface area contributed by atoms with Gasteiger partial charge in [0, 0.05) is 18.2 Å². The van der Waals surface area contributed by atoms with E-state index in [-0.39, 0.29) is 23.0 Å². The van der Waals surface area contributed by atoms with Gasteiger partial charge in [-0.1, -0.05) is 18.8 Å². The topological polar surface area (TPSA) is 100 Å². The molecule has 7 nitrogen and oxygen atoms in total. The van der Waals surface area contributed by atoms with Crippen LogP contribution in [0, 0.1) is 12.3 Å². The van der Waals surface area contributed by atoms with Gasteiger partial charge in [0.05, 0.1) is 12.1 Å². The van der Waals surface area contributed by atoms with Crippen LogP contribution in [-0.4, -0.2) is 37.1 Å². The molecule has 1 saturated carbocycles. The molecule has 25 heavy (non-hydrogen) atoms. The number of aliphatic hydroxyl groups excluding tert-OH is 1. The smallest absolute Gasteiger partial charge is 0.281 e. The zero-order valence-corrected chi connectivity index (χ0v) is 13.9. The molecule has 2 aromatic rings. The van der Waals surface area contributed by atoms with Crippen LogP contribution in [0.2, 0.25) is 0 Å². The summed E-state index contributed by atoms with van der Waals surface area (Å²) in [6.45, 7) is 0. The second-order valence-corrected chi connectivity index (χ2v) is 6.22. The van der Waals surface area contributed by atoms with E-state index in [0.717, 1.165) is 25.7 Å². The molecule has 0 amide bonds. The second kappa shape index (κ2) is 6.95. The number of aliphatic hydroxyl groups is 1. The van der Waals surface area contributed by atoms with Gasteiger partial charge in [-0.05, 0) is 31.0 Å². The Hall–Kier alpha value is -2.85. The third-order valence-corrected chi connectivity index (χ3v) is 4.53. The molecule has 0 saturated heterocycles. The average Bonchev–Trinajstić information content (AvgIpc) is 2.61. The monoisotopic (exact) mass is 340 g/mol. The maximum Gasteiger partial charge on any atom is 0.281 e. The number of phenolic OH excluding ortho intramolecular Hbond substituents is 1. The molecule has 1 aliphatic rings. The molecule has 1 aliphatic carbocycles. The molecular weight excluding hydrogens is 320 g/mol. The van der Waals surface area contributed by atoms with Crippen molar-refractivity contribution in [2.24, 2.45) is 7.05 Å². The van der Waals surface area contributed by atoms with Gasteiger partial charge in [-0.3, -0.25) is 9.36 Å². The largest absolute Gasteiger partial charge is 0.507 e. The number of rotatable bonds is 3. The number of nitrogens with zero attached hydrogens (tertiary/aromatic N) is 3. The number of benzene rings is 1. The number of aromatic hydroxyl groups is 1.